The highest BCUT2D eigenvalue weighted by Crippen LogP contribution is 2.33. The van der Waals surface area contributed by atoms with Crippen LogP contribution in [0.5, 0.6) is 11.5 Å². The molecule has 2 aromatic carbocycles. The maximum absolute atomic E-state index is 12.9. The zero-order chi connectivity index (χ0) is 13.8. The molecule has 0 saturated heterocycles. The summed E-state index contributed by atoms with van der Waals surface area (Å²) in [5.74, 6) is 0.517. The fourth-order valence-corrected chi connectivity index (χ4v) is 2.43. The smallest absolute Gasteiger partial charge is 0.146 e. The van der Waals surface area contributed by atoms with E-state index in [0.29, 0.717) is 16.5 Å². The summed E-state index contributed by atoms with van der Waals surface area (Å²) in [5, 5.41) is 0.778. The van der Waals surface area contributed by atoms with Crippen molar-refractivity contribution in [3.8, 4) is 11.5 Å². The maximum Gasteiger partial charge on any atom is 0.146 e. The Morgan fingerprint density at radius 3 is 2.53 bits per heavy atom. The first kappa shape index (κ1) is 14.5. The van der Waals surface area contributed by atoms with Crippen LogP contribution < -0.4 is 9.46 Å². The van der Waals surface area contributed by atoms with Crippen LogP contribution in [0.1, 0.15) is 0 Å². The Kier molecular flexibility index (Phi) is 4.93. The summed E-state index contributed by atoms with van der Waals surface area (Å²) in [6, 6.07) is 9.24. The van der Waals surface area contributed by atoms with Crippen molar-refractivity contribution in [3.63, 3.8) is 0 Å². The second kappa shape index (κ2) is 6.48. The molecule has 0 aliphatic rings. The molecule has 2 rings (SSSR count). The van der Waals surface area contributed by atoms with Crippen LogP contribution in [0.4, 0.5) is 4.39 Å². The van der Waals surface area contributed by atoms with Crippen molar-refractivity contribution in [1.29, 1.82) is 0 Å². The topological polar surface area (TPSA) is 21.3 Å². The molecule has 0 aliphatic carbocycles. The van der Waals surface area contributed by atoms with Crippen molar-refractivity contribution >= 4 is 35.1 Å². The Labute approximate surface area is 125 Å². The van der Waals surface area contributed by atoms with E-state index in [-0.39, 0.29) is 5.02 Å². The fraction of sp³-hybridized carbons (Fsp3) is 0.0769. The van der Waals surface area contributed by atoms with Crippen molar-refractivity contribution in [2.24, 2.45) is 0 Å². The minimum atomic E-state index is -0.406. The van der Waals surface area contributed by atoms with Gasteiger partial charge in [-0.2, -0.15) is 0 Å². The lowest BCUT2D eigenvalue weighted by atomic mass is 10.3. The first-order valence-corrected chi connectivity index (χ1v) is 6.93. The number of hydrogen-bond acceptors (Lipinski definition) is 3. The molecular weight excluding hydrogens is 308 g/mol. The number of benzene rings is 2. The van der Waals surface area contributed by atoms with Crippen molar-refractivity contribution < 1.29 is 9.13 Å². The van der Waals surface area contributed by atoms with Gasteiger partial charge in [-0.05, 0) is 49.3 Å². The molecule has 2 nitrogen and oxygen atoms in total. The fourth-order valence-electron chi connectivity index (χ4n) is 1.42. The Morgan fingerprint density at radius 1 is 1.11 bits per heavy atom. The second-order valence-corrected chi connectivity index (χ2v) is 5.44. The number of hydrogen-bond donors (Lipinski definition) is 1. The van der Waals surface area contributed by atoms with E-state index in [2.05, 4.69) is 4.72 Å². The number of ether oxygens (including phenoxy) is 1. The molecule has 0 saturated carbocycles. The molecule has 100 valence electrons. The normalized spacial score (nSPS) is 10.5. The molecule has 0 bridgehead atoms. The van der Waals surface area contributed by atoms with Crippen molar-refractivity contribution in [2.75, 3.05) is 7.05 Å². The molecule has 1 N–H and O–H groups in total. The third-order valence-corrected chi connectivity index (χ3v) is 3.74. The summed E-state index contributed by atoms with van der Waals surface area (Å²) < 4.78 is 21.4. The molecule has 0 aromatic heterocycles. The Morgan fingerprint density at radius 2 is 1.89 bits per heavy atom. The van der Waals surface area contributed by atoms with Gasteiger partial charge in [0.2, 0.25) is 0 Å². The summed E-state index contributed by atoms with van der Waals surface area (Å²) in [5.41, 5.74) is 0. The molecule has 2 aromatic rings. The number of nitrogens with one attached hydrogen (secondary N) is 1. The van der Waals surface area contributed by atoms with Crippen LogP contribution in [-0.4, -0.2) is 7.05 Å². The summed E-state index contributed by atoms with van der Waals surface area (Å²) >= 11 is 13.4. The second-order valence-electron chi connectivity index (χ2n) is 3.58. The van der Waals surface area contributed by atoms with Gasteiger partial charge in [0.1, 0.15) is 17.3 Å². The Balaban J connectivity index is 2.21. The van der Waals surface area contributed by atoms with E-state index in [9.17, 15) is 4.39 Å². The number of rotatable bonds is 4. The molecule has 0 radical (unpaired) electrons. The van der Waals surface area contributed by atoms with Crippen LogP contribution in [0, 0.1) is 5.82 Å². The first-order chi connectivity index (χ1) is 9.10. The molecule has 19 heavy (non-hydrogen) atoms. The van der Waals surface area contributed by atoms with E-state index in [1.807, 2.05) is 13.1 Å². The molecule has 0 aliphatic heterocycles. The molecular formula is C13H10Cl2FNOS. The van der Waals surface area contributed by atoms with E-state index in [0.717, 1.165) is 4.90 Å². The van der Waals surface area contributed by atoms with Crippen LogP contribution in [0.15, 0.2) is 41.3 Å². The minimum Gasteiger partial charge on any atom is -0.456 e. The van der Waals surface area contributed by atoms with Gasteiger partial charge >= 0.3 is 0 Å². The van der Waals surface area contributed by atoms with Gasteiger partial charge in [-0.3, -0.25) is 4.72 Å². The van der Waals surface area contributed by atoms with Crippen LogP contribution in [0.3, 0.4) is 0 Å². The zero-order valence-corrected chi connectivity index (χ0v) is 12.2. The summed E-state index contributed by atoms with van der Waals surface area (Å²) in [4.78, 5) is 0.890. The molecule has 0 atom stereocenters. The molecule has 6 heteroatoms. The van der Waals surface area contributed by atoms with E-state index >= 15 is 0 Å². The summed E-state index contributed by atoms with van der Waals surface area (Å²) in [7, 11) is 1.81. The van der Waals surface area contributed by atoms with Crippen LogP contribution in [0.25, 0.3) is 0 Å². The number of halogens is 3. The minimum absolute atomic E-state index is 0.213. The lowest BCUT2D eigenvalue weighted by molar-refractivity contribution is 0.480. The highest BCUT2D eigenvalue weighted by atomic mass is 35.5. The lowest BCUT2D eigenvalue weighted by Gasteiger charge is -2.09. The van der Waals surface area contributed by atoms with Gasteiger partial charge in [-0.25, -0.2) is 4.39 Å². The maximum atomic E-state index is 12.9. The molecule has 0 unspecified atom stereocenters. The first-order valence-electron chi connectivity index (χ1n) is 5.36. The highest BCUT2D eigenvalue weighted by Gasteiger charge is 2.07. The summed E-state index contributed by atoms with van der Waals surface area (Å²) in [6.07, 6.45) is 0. The van der Waals surface area contributed by atoms with Crippen molar-refractivity contribution in [3.05, 3.63) is 52.3 Å². The van der Waals surface area contributed by atoms with Gasteiger partial charge in [0.15, 0.2) is 0 Å². The van der Waals surface area contributed by atoms with Gasteiger partial charge in [-0.1, -0.05) is 23.2 Å². The van der Waals surface area contributed by atoms with Gasteiger partial charge in [0, 0.05) is 11.0 Å². The van der Waals surface area contributed by atoms with Crippen LogP contribution >= 0.6 is 35.1 Å². The predicted molar refractivity (Wildman–Crippen MR) is 77.9 cm³/mol. The van der Waals surface area contributed by atoms with Crippen molar-refractivity contribution in [1.82, 2.24) is 4.72 Å². The highest BCUT2D eigenvalue weighted by molar-refractivity contribution is 7.97. The molecule has 0 fully saturated rings. The average molecular weight is 318 g/mol. The average Bonchev–Trinajstić information content (AvgIpc) is 2.36. The quantitative estimate of drug-likeness (QED) is 0.788. The Bertz CT molecular complexity index is 595. The van der Waals surface area contributed by atoms with E-state index in [4.69, 9.17) is 27.9 Å². The van der Waals surface area contributed by atoms with Gasteiger partial charge in [0.05, 0.1) is 10.0 Å². The Hall–Kier alpha value is -0.940. The van der Waals surface area contributed by atoms with Crippen LogP contribution in [-0.2, 0) is 0 Å². The standard InChI is InChI=1S/C13H10Cl2FNOS/c1-17-19-13-5-3-9(7-11(13)15)18-12-4-2-8(16)6-10(12)14/h2-7,17H,1H3. The third kappa shape index (κ3) is 3.76. The van der Waals surface area contributed by atoms with Crippen LogP contribution in [0.2, 0.25) is 10.0 Å². The largest absolute Gasteiger partial charge is 0.456 e. The monoisotopic (exact) mass is 317 g/mol. The van der Waals surface area contributed by atoms with E-state index < -0.39 is 5.82 Å². The van der Waals surface area contributed by atoms with E-state index in [1.54, 1.807) is 12.1 Å². The SMILES string of the molecule is CNSc1ccc(Oc2ccc(F)cc2Cl)cc1Cl. The van der Waals surface area contributed by atoms with Gasteiger partial charge < -0.3 is 4.74 Å². The zero-order valence-electron chi connectivity index (χ0n) is 9.91. The van der Waals surface area contributed by atoms with Gasteiger partial charge in [-0.15, -0.1) is 0 Å². The van der Waals surface area contributed by atoms with E-state index in [1.165, 1.54) is 30.1 Å². The lowest BCUT2D eigenvalue weighted by Crippen LogP contribution is -1.92. The molecule has 0 spiro atoms. The van der Waals surface area contributed by atoms with Gasteiger partial charge in [0.25, 0.3) is 0 Å². The molecule has 0 amide bonds. The van der Waals surface area contributed by atoms with Crippen molar-refractivity contribution in [2.45, 2.75) is 4.90 Å². The third-order valence-electron chi connectivity index (χ3n) is 2.24. The summed E-state index contributed by atoms with van der Waals surface area (Å²) in [6.45, 7) is 0. The predicted octanol–water partition coefficient (Wildman–Crippen LogP) is 5.15. The molecule has 0 heterocycles.